The number of halogens is 2. The fourth-order valence-corrected chi connectivity index (χ4v) is 3.69. The first-order chi connectivity index (χ1) is 9.99. The molecule has 2 aliphatic rings. The minimum absolute atomic E-state index is 0. The molecule has 1 aromatic rings. The number of hydrogen-bond acceptors (Lipinski definition) is 3. The Morgan fingerprint density at radius 1 is 1.50 bits per heavy atom. The van der Waals surface area contributed by atoms with Gasteiger partial charge in [-0.2, -0.15) is 0 Å². The Kier molecular flexibility index (Phi) is 5.38. The van der Waals surface area contributed by atoms with Crippen molar-refractivity contribution in [3.63, 3.8) is 0 Å². The number of anilines is 1. The summed E-state index contributed by atoms with van der Waals surface area (Å²) in [5.74, 6) is 0.132. The van der Waals surface area contributed by atoms with Crippen LogP contribution in [0.3, 0.4) is 0 Å². The highest BCUT2D eigenvalue weighted by Crippen LogP contribution is 2.44. The number of amides is 1. The van der Waals surface area contributed by atoms with Crippen LogP contribution in [0.4, 0.5) is 5.69 Å². The third kappa shape index (κ3) is 3.25. The highest BCUT2D eigenvalue weighted by molar-refractivity contribution is 6.32. The number of carbonyl (C=O) groups excluding carboxylic acids is 1. The molecule has 2 aliphatic heterocycles. The summed E-state index contributed by atoms with van der Waals surface area (Å²) < 4.78 is 5.42. The highest BCUT2D eigenvalue weighted by Gasteiger charge is 2.39. The maximum absolute atomic E-state index is 12.7. The summed E-state index contributed by atoms with van der Waals surface area (Å²) in [5.41, 5.74) is 1.92. The second kappa shape index (κ2) is 6.75. The average Bonchev–Trinajstić information content (AvgIpc) is 2.73. The lowest BCUT2D eigenvalue weighted by molar-refractivity contribution is -0.119. The average molecular weight is 345 g/mol. The summed E-state index contributed by atoms with van der Waals surface area (Å²) in [6.45, 7) is 7.08. The van der Waals surface area contributed by atoms with Crippen LogP contribution in [0.2, 0.25) is 5.02 Å². The number of nitrogens with zero attached hydrogens (tertiary/aromatic N) is 1. The van der Waals surface area contributed by atoms with Crippen molar-refractivity contribution in [3.05, 3.63) is 28.8 Å². The van der Waals surface area contributed by atoms with Crippen molar-refractivity contribution < 1.29 is 9.53 Å². The molecule has 1 unspecified atom stereocenters. The van der Waals surface area contributed by atoms with Crippen LogP contribution < -0.4 is 10.2 Å². The molecule has 0 saturated carbocycles. The molecule has 1 fully saturated rings. The van der Waals surface area contributed by atoms with Crippen LogP contribution in [0.5, 0.6) is 0 Å². The summed E-state index contributed by atoms with van der Waals surface area (Å²) in [6.07, 6.45) is 0.460. The van der Waals surface area contributed by atoms with E-state index in [0.717, 1.165) is 29.4 Å². The van der Waals surface area contributed by atoms with Gasteiger partial charge in [-0.25, -0.2) is 0 Å². The molecule has 1 amide bonds. The van der Waals surface area contributed by atoms with E-state index in [9.17, 15) is 4.79 Å². The first kappa shape index (κ1) is 17.5. The highest BCUT2D eigenvalue weighted by atomic mass is 35.5. The monoisotopic (exact) mass is 344 g/mol. The van der Waals surface area contributed by atoms with Crippen molar-refractivity contribution in [2.75, 3.05) is 31.2 Å². The van der Waals surface area contributed by atoms with E-state index < -0.39 is 0 Å². The number of hydrogen-bond donors (Lipinski definition) is 1. The van der Waals surface area contributed by atoms with Crippen LogP contribution in [-0.4, -0.2) is 38.3 Å². The zero-order chi connectivity index (χ0) is 15.0. The number of nitrogens with one attached hydrogen (secondary N) is 1. The van der Waals surface area contributed by atoms with Crippen molar-refractivity contribution in [3.8, 4) is 0 Å². The number of carbonyl (C=O) groups is 1. The number of morpholine rings is 1. The first-order valence-electron chi connectivity index (χ1n) is 7.39. The third-order valence-corrected chi connectivity index (χ3v) is 4.55. The van der Waals surface area contributed by atoms with Gasteiger partial charge in [0.1, 0.15) is 0 Å². The Hall–Kier alpha value is -0.810. The lowest BCUT2D eigenvalue weighted by Gasteiger charge is -2.26. The van der Waals surface area contributed by atoms with E-state index in [0.29, 0.717) is 19.6 Å². The molecule has 3 rings (SSSR count). The van der Waals surface area contributed by atoms with Crippen molar-refractivity contribution in [2.24, 2.45) is 0 Å². The van der Waals surface area contributed by atoms with E-state index >= 15 is 0 Å². The van der Waals surface area contributed by atoms with Crippen LogP contribution >= 0.6 is 24.0 Å². The normalized spacial score (nSPS) is 22.9. The summed E-state index contributed by atoms with van der Waals surface area (Å²) in [7, 11) is 0. The van der Waals surface area contributed by atoms with Gasteiger partial charge in [0.05, 0.1) is 13.2 Å². The van der Waals surface area contributed by atoms with Gasteiger partial charge >= 0.3 is 0 Å². The van der Waals surface area contributed by atoms with E-state index in [4.69, 9.17) is 16.3 Å². The smallest absolute Gasteiger partial charge is 0.228 e. The standard InChI is InChI=1S/C16H21ClN2O2.ClH/c1-16(2)10-19(13-5-3-4-12(17)15(13)16)14(20)8-11-9-21-7-6-18-11;/h3-5,11,18H,6-10H2,1-2H3;1H. The van der Waals surface area contributed by atoms with Crippen molar-refractivity contribution in [1.82, 2.24) is 5.32 Å². The molecule has 0 aliphatic carbocycles. The molecule has 0 bridgehead atoms. The SMILES string of the molecule is CC1(C)CN(C(=O)CC2COCCN2)c2cccc(Cl)c21.Cl. The minimum atomic E-state index is -0.111. The molecule has 1 aromatic carbocycles. The number of benzene rings is 1. The van der Waals surface area contributed by atoms with Gasteiger partial charge in [-0.1, -0.05) is 31.5 Å². The predicted molar refractivity (Wildman–Crippen MR) is 91.3 cm³/mol. The number of ether oxygens (including phenoxy) is 1. The third-order valence-electron chi connectivity index (χ3n) is 4.23. The van der Waals surface area contributed by atoms with Crippen molar-refractivity contribution in [2.45, 2.75) is 31.7 Å². The van der Waals surface area contributed by atoms with Gasteiger partial charge in [0.25, 0.3) is 0 Å². The van der Waals surface area contributed by atoms with Crippen LogP contribution in [-0.2, 0) is 14.9 Å². The van der Waals surface area contributed by atoms with Gasteiger partial charge in [0, 0.05) is 47.2 Å². The summed E-state index contributed by atoms with van der Waals surface area (Å²) >= 11 is 6.35. The lowest BCUT2D eigenvalue weighted by atomic mass is 9.87. The van der Waals surface area contributed by atoms with E-state index in [1.165, 1.54) is 0 Å². The zero-order valence-corrected chi connectivity index (χ0v) is 14.5. The van der Waals surface area contributed by atoms with E-state index in [1.807, 2.05) is 23.1 Å². The van der Waals surface area contributed by atoms with E-state index in [1.54, 1.807) is 0 Å². The van der Waals surface area contributed by atoms with Gasteiger partial charge < -0.3 is 15.0 Å². The molecule has 2 heterocycles. The first-order valence-corrected chi connectivity index (χ1v) is 7.77. The molecule has 1 saturated heterocycles. The molecule has 0 spiro atoms. The van der Waals surface area contributed by atoms with Gasteiger partial charge in [-0.05, 0) is 12.1 Å². The lowest BCUT2D eigenvalue weighted by Crippen LogP contribution is -2.45. The van der Waals surface area contributed by atoms with Crippen molar-refractivity contribution in [1.29, 1.82) is 0 Å². The molecule has 6 heteroatoms. The largest absolute Gasteiger partial charge is 0.378 e. The van der Waals surface area contributed by atoms with E-state index in [-0.39, 0.29) is 29.8 Å². The molecule has 0 aromatic heterocycles. The zero-order valence-electron chi connectivity index (χ0n) is 12.9. The molecule has 22 heavy (non-hydrogen) atoms. The van der Waals surface area contributed by atoms with Crippen LogP contribution in [0.1, 0.15) is 25.8 Å². The van der Waals surface area contributed by atoms with Crippen LogP contribution in [0, 0.1) is 0 Å². The second-order valence-corrected chi connectivity index (χ2v) is 6.84. The Balaban J connectivity index is 0.00000176. The quantitative estimate of drug-likeness (QED) is 0.896. The fraction of sp³-hybridized carbons (Fsp3) is 0.562. The fourth-order valence-electron chi connectivity index (χ4n) is 3.26. The molecule has 0 radical (unpaired) electrons. The molecule has 1 atom stereocenters. The predicted octanol–water partition coefficient (Wildman–Crippen LogP) is 2.76. The number of fused-ring (bicyclic) bond motifs is 1. The molecule has 122 valence electrons. The minimum Gasteiger partial charge on any atom is -0.378 e. The van der Waals surface area contributed by atoms with Gasteiger partial charge in [0.2, 0.25) is 5.91 Å². The van der Waals surface area contributed by atoms with Gasteiger partial charge in [-0.15, -0.1) is 12.4 Å². The Morgan fingerprint density at radius 2 is 2.27 bits per heavy atom. The van der Waals surface area contributed by atoms with E-state index in [2.05, 4.69) is 19.2 Å². The van der Waals surface area contributed by atoms with Crippen LogP contribution in [0.15, 0.2) is 18.2 Å². The molecular weight excluding hydrogens is 323 g/mol. The summed E-state index contributed by atoms with van der Waals surface area (Å²) in [5, 5.41) is 4.07. The van der Waals surface area contributed by atoms with Crippen LogP contribution in [0.25, 0.3) is 0 Å². The van der Waals surface area contributed by atoms with Gasteiger partial charge in [0.15, 0.2) is 0 Å². The summed E-state index contributed by atoms with van der Waals surface area (Å²) in [6, 6.07) is 5.90. The Labute approximate surface area is 142 Å². The topological polar surface area (TPSA) is 41.6 Å². The Bertz CT molecular complexity index is 557. The maximum Gasteiger partial charge on any atom is 0.228 e. The number of rotatable bonds is 2. The summed E-state index contributed by atoms with van der Waals surface area (Å²) in [4.78, 5) is 14.5. The maximum atomic E-state index is 12.7. The van der Waals surface area contributed by atoms with Crippen molar-refractivity contribution >= 4 is 35.6 Å². The molecule has 1 N–H and O–H groups in total. The van der Waals surface area contributed by atoms with Gasteiger partial charge in [-0.3, -0.25) is 4.79 Å². The Morgan fingerprint density at radius 3 is 2.95 bits per heavy atom. The molecule has 4 nitrogen and oxygen atoms in total. The molecular formula is C16H22Cl2N2O2. The second-order valence-electron chi connectivity index (χ2n) is 6.43.